The van der Waals surface area contributed by atoms with Crippen molar-refractivity contribution in [2.45, 2.75) is 65.5 Å². The summed E-state index contributed by atoms with van der Waals surface area (Å²) in [7, 11) is 0. The van der Waals surface area contributed by atoms with Gasteiger partial charge in [0, 0.05) is 29.4 Å². The summed E-state index contributed by atoms with van der Waals surface area (Å²) in [6.45, 7) is 5.23. The molecule has 1 fully saturated rings. The Morgan fingerprint density at radius 3 is 2.74 bits per heavy atom. The molecule has 0 atom stereocenters. The maximum Gasteiger partial charge on any atom is 0.224 e. The van der Waals surface area contributed by atoms with Crippen LogP contribution in [0.15, 0.2) is 18.2 Å². The summed E-state index contributed by atoms with van der Waals surface area (Å²) in [6.07, 6.45) is 6.80. The molecule has 6 heteroatoms. The van der Waals surface area contributed by atoms with Crippen LogP contribution in [0.2, 0.25) is 5.02 Å². The average molecular weight is 392 g/mol. The van der Waals surface area contributed by atoms with E-state index in [2.05, 4.69) is 15.1 Å². The van der Waals surface area contributed by atoms with Crippen LogP contribution >= 0.6 is 11.6 Å². The van der Waals surface area contributed by atoms with Crippen molar-refractivity contribution >= 4 is 17.5 Å². The average Bonchev–Trinajstić information content (AvgIpc) is 2.89. The fraction of sp³-hybridized carbons (Fsp3) is 0.524. The SMILES string of the molecule is Cc1nn(CC2CCCCC2)c(C)c1CC(=O)NCc1ccc(F)cc1Cl. The van der Waals surface area contributed by atoms with Crippen molar-refractivity contribution in [1.29, 1.82) is 0 Å². The van der Waals surface area contributed by atoms with Gasteiger partial charge in [-0.15, -0.1) is 0 Å². The highest BCUT2D eigenvalue weighted by molar-refractivity contribution is 6.31. The predicted molar refractivity (Wildman–Crippen MR) is 105 cm³/mol. The second-order valence-corrected chi connectivity index (χ2v) is 7.93. The van der Waals surface area contributed by atoms with Crippen LogP contribution in [0, 0.1) is 25.6 Å². The molecule has 1 aliphatic rings. The van der Waals surface area contributed by atoms with Crippen molar-refractivity contribution in [2.75, 3.05) is 0 Å². The summed E-state index contributed by atoms with van der Waals surface area (Å²) in [6, 6.07) is 4.19. The van der Waals surface area contributed by atoms with Crippen molar-refractivity contribution in [2.24, 2.45) is 5.92 Å². The van der Waals surface area contributed by atoms with Crippen LogP contribution in [0.1, 0.15) is 54.6 Å². The van der Waals surface area contributed by atoms with E-state index in [0.717, 1.165) is 23.5 Å². The molecular formula is C21H27ClFN3O. The summed E-state index contributed by atoms with van der Waals surface area (Å²) in [4.78, 5) is 12.4. The lowest BCUT2D eigenvalue weighted by Gasteiger charge is -2.22. The number of halogens is 2. The third-order valence-corrected chi connectivity index (χ3v) is 5.87. The van der Waals surface area contributed by atoms with E-state index in [-0.39, 0.29) is 18.3 Å². The van der Waals surface area contributed by atoms with Gasteiger partial charge in [0.1, 0.15) is 5.82 Å². The fourth-order valence-electron chi connectivity index (χ4n) is 3.86. The minimum absolute atomic E-state index is 0.0844. The Morgan fingerprint density at radius 1 is 1.30 bits per heavy atom. The highest BCUT2D eigenvalue weighted by atomic mass is 35.5. The Morgan fingerprint density at radius 2 is 2.04 bits per heavy atom. The zero-order chi connectivity index (χ0) is 19.4. The van der Waals surface area contributed by atoms with E-state index in [1.54, 1.807) is 6.07 Å². The lowest BCUT2D eigenvalue weighted by Crippen LogP contribution is -2.25. The quantitative estimate of drug-likeness (QED) is 0.773. The molecule has 1 aromatic carbocycles. The lowest BCUT2D eigenvalue weighted by molar-refractivity contribution is -0.120. The van der Waals surface area contributed by atoms with Gasteiger partial charge in [0.15, 0.2) is 0 Å². The van der Waals surface area contributed by atoms with Gasteiger partial charge in [-0.3, -0.25) is 9.48 Å². The molecule has 2 aromatic rings. The Kier molecular flexibility index (Phi) is 6.53. The van der Waals surface area contributed by atoms with Crippen LogP contribution in [0.3, 0.4) is 0 Å². The van der Waals surface area contributed by atoms with Crippen LogP contribution in [-0.4, -0.2) is 15.7 Å². The summed E-state index contributed by atoms with van der Waals surface area (Å²) in [5, 5.41) is 7.87. The molecule has 3 rings (SSSR count). The molecule has 0 aliphatic heterocycles. The van der Waals surface area contributed by atoms with Crippen LogP contribution in [0.25, 0.3) is 0 Å². The smallest absolute Gasteiger partial charge is 0.224 e. The molecule has 27 heavy (non-hydrogen) atoms. The lowest BCUT2D eigenvalue weighted by atomic mass is 9.89. The Balaban J connectivity index is 1.60. The Labute approximate surface area is 165 Å². The number of aryl methyl sites for hydroxylation is 1. The number of hydrogen-bond donors (Lipinski definition) is 1. The minimum Gasteiger partial charge on any atom is -0.352 e. The number of benzene rings is 1. The van der Waals surface area contributed by atoms with Crippen molar-refractivity contribution < 1.29 is 9.18 Å². The monoisotopic (exact) mass is 391 g/mol. The van der Waals surface area contributed by atoms with Gasteiger partial charge in [0.2, 0.25) is 5.91 Å². The Bertz CT molecular complexity index is 812. The molecule has 0 bridgehead atoms. The van der Waals surface area contributed by atoms with Gasteiger partial charge in [-0.05, 0) is 50.3 Å². The molecule has 0 saturated heterocycles. The maximum absolute atomic E-state index is 13.1. The molecule has 1 amide bonds. The first-order chi connectivity index (χ1) is 12.9. The molecule has 1 N–H and O–H groups in total. The van der Waals surface area contributed by atoms with Crippen LogP contribution < -0.4 is 5.32 Å². The fourth-order valence-corrected chi connectivity index (χ4v) is 4.10. The van der Waals surface area contributed by atoms with Crippen molar-refractivity contribution in [3.63, 3.8) is 0 Å². The molecule has 0 unspecified atom stereocenters. The van der Waals surface area contributed by atoms with Gasteiger partial charge in [0.05, 0.1) is 12.1 Å². The second kappa shape index (κ2) is 8.87. The van der Waals surface area contributed by atoms with E-state index in [9.17, 15) is 9.18 Å². The number of nitrogens with one attached hydrogen (secondary N) is 1. The normalized spacial score (nSPS) is 15.1. The number of rotatable bonds is 6. The van der Waals surface area contributed by atoms with Gasteiger partial charge in [0.25, 0.3) is 0 Å². The molecule has 1 aliphatic carbocycles. The van der Waals surface area contributed by atoms with Gasteiger partial charge in [-0.1, -0.05) is 36.9 Å². The molecule has 0 radical (unpaired) electrons. The molecule has 0 spiro atoms. The maximum atomic E-state index is 13.1. The Hall–Kier alpha value is -1.88. The van der Waals surface area contributed by atoms with Crippen LogP contribution in [-0.2, 0) is 24.3 Å². The summed E-state index contributed by atoms with van der Waals surface area (Å²) >= 11 is 6.01. The van der Waals surface area contributed by atoms with Crippen LogP contribution in [0.5, 0.6) is 0 Å². The summed E-state index contributed by atoms with van der Waals surface area (Å²) in [5.74, 6) is 0.226. The van der Waals surface area contributed by atoms with E-state index in [1.807, 2.05) is 13.8 Å². The number of hydrogen-bond acceptors (Lipinski definition) is 2. The zero-order valence-corrected chi connectivity index (χ0v) is 16.8. The third kappa shape index (κ3) is 5.10. The predicted octanol–water partition coefficient (Wildman–Crippen LogP) is 4.73. The van der Waals surface area contributed by atoms with E-state index in [0.29, 0.717) is 22.9 Å². The van der Waals surface area contributed by atoms with Gasteiger partial charge < -0.3 is 5.32 Å². The number of amides is 1. The van der Waals surface area contributed by atoms with E-state index < -0.39 is 0 Å². The van der Waals surface area contributed by atoms with Gasteiger partial charge in [-0.25, -0.2) is 4.39 Å². The molecule has 4 nitrogen and oxygen atoms in total. The molecule has 1 aromatic heterocycles. The van der Waals surface area contributed by atoms with E-state index in [1.165, 1.54) is 44.2 Å². The largest absolute Gasteiger partial charge is 0.352 e. The molecule has 146 valence electrons. The highest BCUT2D eigenvalue weighted by Crippen LogP contribution is 2.26. The first-order valence-electron chi connectivity index (χ1n) is 9.67. The summed E-state index contributed by atoms with van der Waals surface area (Å²) in [5.41, 5.74) is 3.69. The van der Waals surface area contributed by atoms with Gasteiger partial charge >= 0.3 is 0 Å². The number of carbonyl (C=O) groups excluding carboxylic acids is 1. The highest BCUT2D eigenvalue weighted by Gasteiger charge is 2.19. The van der Waals surface area contributed by atoms with Gasteiger partial charge in [-0.2, -0.15) is 5.10 Å². The van der Waals surface area contributed by atoms with Crippen molar-refractivity contribution in [1.82, 2.24) is 15.1 Å². The summed E-state index contributed by atoms with van der Waals surface area (Å²) < 4.78 is 15.2. The number of nitrogens with zero attached hydrogens (tertiary/aromatic N) is 2. The van der Waals surface area contributed by atoms with Crippen LogP contribution in [0.4, 0.5) is 4.39 Å². The van der Waals surface area contributed by atoms with Crippen molar-refractivity contribution in [3.8, 4) is 0 Å². The third-order valence-electron chi connectivity index (χ3n) is 5.52. The number of carbonyl (C=O) groups is 1. The zero-order valence-electron chi connectivity index (χ0n) is 16.0. The second-order valence-electron chi connectivity index (χ2n) is 7.52. The molecule has 1 saturated carbocycles. The topological polar surface area (TPSA) is 46.9 Å². The number of aromatic nitrogens is 2. The first-order valence-corrected chi connectivity index (χ1v) is 10.1. The van der Waals surface area contributed by atoms with E-state index >= 15 is 0 Å². The molecular weight excluding hydrogens is 365 g/mol. The molecule has 1 heterocycles. The first kappa shape index (κ1) is 19.9. The van der Waals surface area contributed by atoms with Crippen molar-refractivity contribution in [3.05, 3.63) is 51.6 Å². The van der Waals surface area contributed by atoms with E-state index in [4.69, 9.17) is 11.6 Å². The minimum atomic E-state index is -0.383. The standard InChI is InChI=1S/C21H27ClFN3O/c1-14-19(15(2)26(25-14)13-16-6-4-3-5-7-16)11-21(27)24-12-17-8-9-18(23)10-20(17)22/h8-10,16H,3-7,11-13H2,1-2H3,(H,24,27).